The van der Waals surface area contributed by atoms with Crippen molar-refractivity contribution in [3.05, 3.63) is 16.6 Å². The molecule has 0 aromatic carbocycles. The van der Waals surface area contributed by atoms with E-state index in [1.165, 1.54) is 17.5 Å². The second-order valence-electron chi connectivity index (χ2n) is 1.23. The van der Waals surface area contributed by atoms with Gasteiger partial charge in [-0.15, -0.1) is 28.3 Å². The molecule has 0 unspecified atom stereocenters. The molecule has 2 N–H and O–H groups in total. The van der Waals surface area contributed by atoms with Crippen LogP contribution in [0.1, 0.15) is 9.67 Å². The summed E-state index contributed by atoms with van der Waals surface area (Å²) in [7, 11) is 0. The van der Waals surface area contributed by atoms with Crippen molar-refractivity contribution >= 4 is 34.2 Å². The molecule has 1 amide bonds. The van der Waals surface area contributed by atoms with Gasteiger partial charge in [-0.1, -0.05) is 0 Å². The van der Waals surface area contributed by atoms with Crippen LogP contribution >= 0.6 is 28.3 Å². The Bertz CT molecular complexity index is 186. The summed E-state index contributed by atoms with van der Waals surface area (Å²) < 4.78 is 0. The number of nitrogens with two attached hydrogens (primary N) is 1. The Labute approximate surface area is 66.7 Å². The molecule has 50 valence electrons. The van der Waals surface area contributed by atoms with E-state index in [1.807, 2.05) is 0 Å². The lowest BCUT2D eigenvalue weighted by Crippen LogP contribution is -2.08. The fourth-order valence-corrected chi connectivity index (χ4v) is 0.811. The molecule has 1 rings (SSSR count). The largest absolute Gasteiger partial charge is 0.365 e. The van der Waals surface area contributed by atoms with E-state index in [2.05, 4.69) is 4.98 Å². The number of halogens is 1. The van der Waals surface area contributed by atoms with E-state index in [-0.39, 0.29) is 17.0 Å². The zero-order valence-corrected chi connectivity index (χ0v) is 6.93. The van der Waals surface area contributed by atoms with Crippen LogP contribution in [-0.2, 0) is 0 Å². The van der Waals surface area contributed by atoms with Gasteiger partial charge in [-0.2, -0.15) is 0 Å². The molecule has 0 aliphatic rings. The van der Waals surface area contributed by atoms with Crippen LogP contribution in [0.5, 0.6) is 0 Å². The van der Waals surface area contributed by atoms with Crippen molar-refractivity contribution in [2.75, 3.05) is 0 Å². The van der Waals surface area contributed by atoms with Crippen molar-refractivity contribution in [3.8, 4) is 0 Å². The van der Waals surface area contributed by atoms with Crippen LogP contribution in [0.4, 0.5) is 0 Å². The number of nitrogens with zero attached hydrogens (tertiary/aromatic N) is 1. The maximum Gasteiger partial charge on any atom is 0.260 e. The summed E-state index contributed by atoms with van der Waals surface area (Å²) in [4.78, 5) is 14.4. The molecule has 3 nitrogen and oxygen atoms in total. The molecule has 0 spiro atoms. The van der Waals surface area contributed by atoms with Gasteiger partial charge in [0.2, 0.25) is 0 Å². The lowest BCUT2D eigenvalue weighted by Gasteiger charge is -1.78. The highest BCUT2D eigenvalue weighted by Gasteiger charge is 1.97. The fourth-order valence-electron chi connectivity index (χ4n) is 0.337. The average Bonchev–Trinajstić information content (AvgIpc) is 2.12. The van der Waals surface area contributed by atoms with E-state index in [9.17, 15) is 4.79 Å². The minimum atomic E-state index is -0.410. The summed E-state index contributed by atoms with van der Waals surface area (Å²) in [6.45, 7) is 0. The van der Waals surface area contributed by atoms with Crippen LogP contribution in [-0.4, -0.2) is 10.9 Å². The molecule has 0 aliphatic heterocycles. The number of hydrogen-bond acceptors (Lipinski definition) is 3. The molecule has 0 atom stereocenters. The van der Waals surface area contributed by atoms with Gasteiger partial charge in [-0.05, 0) is 0 Å². The van der Waals surface area contributed by atoms with E-state index in [0.29, 0.717) is 4.88 Å². The van der Waals surface area contributed by atoms with Crippen molar-refractivity contribution in [2.45, 2.75) is 0 Å². The third kappa shape index (κ3) is 2.11. The molecular formula is C4H5BrN2OS. The zero-order valence-electron chi connectivity index (χ0n) is 4.40. The van der Waals surface area contributed by atoms with E-state index in [0.717, 1.165) is 0 Å². The molecule has 5 heteroatoms. The van der Waals surface area contributed by atoms with Crippen molar-refractivity contribution in [2.24, 2.45) is 5.73 Å². The Hall–Kier alpha value is -0.420. The van der Waals surface area contributed by atoms with E-state index in [4.69, 9.17) is 5.73 Å². The number of aromatic nitrogens is 1. The SMILES string of the molecule is Br.NC(=O)c1cncs1. The number of amides is 1. The first-order chi connectivity index (χ1) is 3.80. The van der Waals surface area contributed by atoms with Gasteiger partial charge in [0.05, 0.1) is 11.7 Å². The van der Waals surface area contributed by atoms with Gasteiger partial charge >= 0.3 is 0 Å². The number of thiazole rings is 1. The number of primary amides is 1. The minimum Gasteiger partial charge on any atom is -0.365 e. The Balaban J connectivity index is 0.000000640. The summed E-state index contributed by atoms with van der Waals surface area (Å²) in [5.74, 6) is -0.410. The first-order valence-corrected chi connectivity index (χ1v) is 2.87. The van der Waals surface area contributed by atoms with E-state index < -0.39 is 5.91 Å². The maximum atomic E-state index is 10.3. The van der Waals surface area contributed by atoms with Gasteiger partial charge in [-0.3, -0.25) is 9.78 Å². The Kier molecular flexibility index (Phi) is 3.41. The van der Waals surface area contributed by atoms with Crippen molar-refractivity contribution in [1.29, 1.82) is 0 Å². The van der Waals surface area contributed by atoms with Gasteiger partial charge in [0.25, 0.3) is 5.91 Å². The molecule has 0 saturated heterocycles. The minimum absolute atomic E-state index is 0. The second-order valence-corrected chi connectivity index (χ2v) is 2.12. The smallest absolute Gasteiger partial charge is 0.260 e. The topological polar surface area (TPSA) is 56.0 Å². The molecule has 1 heterocycles. The summed E-state index contributed by atoms with van der Waals surface area (Å²) in [5, 5.41) is 0. The Morgan fingerprint density at radius 3 is 2.67 bits per heavy atom. The highest BCUT2D eigenvalue weighted by atomic mass is 79.9. The highest BCUT2D eigenvalue weighted by molar-refractivity contribution is 8.93. The standard InChI is InChI=1S/C4H4N2OS.BrH/c5-4(7)3-1-6-2-8-3;/h1-2H,(H2,5,7);1H. The molecule has 9 heavy (non-hydrogen) atoms. The number of carbonyl (C=O) groups is 1. The van der Waals surface area contributed by atoms with Crippen LogP contribution in [0.15, 0.2) is 11.7 Å². The number of hydrogen-bond donors (Lipinski definition) is 1. The van der Waals surface area contributed by atoms with Crippen LogP contribution in [0.3, 0.4) is 0 Å². The molecule has 0 fully saturated rings. The van der Waals surface area contributed by atoms with Gasteiger partial charge in [0.15, 0.2) is 0 Å². The maximum absolute atomic E-state index is 10.3. The molecular weight excluding hydrogens is 204 g/mol. The van der Waals surface area contributed by atoms with Crippen LogP contribution in [0.2, 0.25) is 0 Å². The average molecular weight is 209 g/mol. The van der Waals surface area contributed by atoms with Crippen LogP contribution in [0.25, 0.3) is 0 Å². The van der Waals surface area contributed by atoms with E-state index in [1.54, 1.807) is 5.51 Å². The first kappa shape index (κ1) is 8.58. The molecule has 0 radical (unpaired) electrons. The lowest BCUT2D eigenvalue weighted by atomic mass is 10.5. The summed E-state index contributed by atoms with van der Waals surface area (Å²) >= 11 is 1.25. The first-order valence-electron chi connectivity index (χ1n) is 1.99. The lowest BCUT2D eigenvalue weighted by molar-refractivity contribution is 0.100. The Morgan fingerprint density at radius 1 is 1.78 bits per heavy atom. The highest BCUT2D eigenvalue weighted by Crippen LogP contribution is 2.02. The van der Waals surface area contributed by atoms with Crippen molar-refractivity contribution in [3.63, 3.8) is 0 Å². The monoisotopic (exact) mass is 208 g/mol. The number of carbonyl (C=O) groups excluding carboxylic acids is 1. The predicted octanol–water partition coefficient (Wildman–Crippen LogP) is 0.820. The molecule has 1 aromatic rings. The predicted molar refractivity (Wildman–Crippen MR) is 41.0 cm³/mol. The fraction of sp³-hybridized carbons (Fsp3) is 0. The van der Waals surface area contributed by atoms with Crippen molar-refractivity contribution in [1.82, 2.24) is 4.98 Å². The third-order valence-electron chi connectivity index (χ3n) is 0.675. The second kappa shape index (κ2) is 3.58. The third-order valence-corrected chi connectivity index (χ3v) is 1.46. The summed E-state index contributed by atoms with van der Waals surface area (Å²) in [6.07, 6.45) is 1.45. The van der Waals surface area contributed by atoms with Gasteiger partial charge in [0, 0.05) is 0 Å². The zero-order chi connectivity index (χ0) is 5.98. The van der Waals surface area contributed by atoms with E-state index >= 15 is 0 Å². The van der Waals surface area contributed by atoms with Gasteiger partial charge in [0.1, 0.15) is 4.88 Å². The van der Waals surface area contributed by atoms with Gasteiger partial charge < -0.3 is 5.73 Å². The quantitative estimate of drug-likeness (QED) is 0.744. The van der Waals surface area contributed by atoms with Crippen LogP contribution in [0, 0.1) is 0 Å². The normalized spacial score (nSPS) is 8.00. The molecule has 1 aromatic heterocycles. The van der Waals surface area contributed by atoms with Crippen molar-refractivity contribution < 1.29 is 4.79 Å². The molecule has 0 bridgehead atoms. The van der Waals surface area contributed by atoms with Gasteiger partial charge in [-0.25, -0.2) is 0 Å². The van der Waals surface area contributed by atoms with Crippen LogP contribution < -0.4 is 5.73 Å². The molecule has 0 saturated carbocycles. The summed E-state index contributed by atoms with van der Waals surface area (Å²) in [5.41, 5.74) is 6.46. The number of rotatable bonds is 1. The summed E-state index contributed by atoms with van der Waals surface area (Å²) in [6, 6.07) is 0. The molecule has 0 aliphatic carbocycles. The Morgan fingerprint density at radius 2 is 2.44 bits per heavy atom.